The average Bonchev–Trinajstić information content (AvgIpc) is 2.71. The minimum atomic E-state index is -0.401. The fourth-order valence-electron chi connectivity index (χ4n) is 2.07. The lowest BCUT2D eigenvalue weighted by molar-refractivity contribution is 0.626. The molecule has 0 aliphatic heterocycles. The summed E-state index contributed by atoms with van der Waals surface area (Å²) in [5.74, 6) is -0.454. The summed E-state index contributed by atoms with van der Waals surface area (Å²) in [6.45, 7) is 0.423. The highest BCUT2D eigenvalue weighted by atomic mass is 19.1. The standard InChI is InChI=1S/C14H11F2N3/c15-10-6-4-9(5-7-10)8-19-12-3-1-2-11(16)13(12)18-14(19)17/h1-7H,8H2,(H2,17,18). The van der Waals surface area contributed by atoms with Crippen molar-refractivity contribution in [3.63, 3.8) is 0 Å². The van der Waals surface area contributed by atoms with Gasteiger partial charge >= 0.3 is 0 Å². The summed E-state index contributed by atoms with van der Waals surface area (Å²) < 4.78 is 28.1. The largest absolute Gasteiger partial charge is 0.369 e. The third-order valence-corrected chi connectivity index (χ3v) is 3.01. The lowest BCUT2D eigenvalue weighted by Crippen LogP contribution is -2.04. The van der Waals surface area contributed by atoms with Gasteiger partial charge in [0.25, 0.3) is 0 Å². The number of nitrogens with zero attached hydrogens (tertiary/aromatic N) is 2. The molecule has 0 aliphatic rings. The number of nitrogens with two attached hydrogens (primary N) is 1. The van der Waals surface area contributed by atoms with Gasteiger partial charge in [-0.2, -0.15) is 0 Å². The number of hydrogen-bond acceptors (Lipinski definition) is 2. The monoisotopic (exact) mass is 259 g/mol. The maximum Gasteiger partial charge on any atom is 0.201 e. The van der Waals surface area contributed by atoms with Gasteiger partial charge in [-0.3, -0.25) is 0 Å². The van der Waals surface area contributed by atoms with Crippen LogP contribution in [-0.4, -0.2) is 9.55 Å². The Labute approximate surface area is 108 Å². The molecule has 0 bridgehead atoms. The maximum atomic E-state index is 13.6. The number of aromatic nitrogens is 2. The molecule has 5 heteroatoms. The molecule has 0 fully saturated rings. The van der Waals surface area contributed by atoms with Crippen molar-refractivity contribution in [1.29, 1.82) is 0 Å². The third kappa shape index (κ3) is 2.03. The van der Waals surface area contributed by atoms with Crippen molar-refractivity contribution in [3.05, 3.63) is 59.7 Å². The smallest absolute Gasteiger partial charge is 0.201 e. The summed E-state index contributed by atoms with van der Waals surface area (Å²) in [7, 11) is 0. The molecule has 2 N–H and O–H groups in total. The lowest BCUT2D eigenvalue weighted by Gasteiger charge is -2.06. The SMILES string of the molecule is Nc1nc2c(F)cccc2n1Cc1ccc(F)cc1. The number of imidazole rings is 1. The van der Waals surface area contributed by atoms with E-state index < -0.39 is 5.82 Å². The zero-order valence-corrected chi connectivity index (χ0v) is 9.98. The molecule has 3 nitrogen and oxygen atoms in total. The minimum Gasteiger partial charge on any atom is -0.369 e. The van der Waals surface area contributed by atoms with Crippen LogP contribution in [0.2, 0.25) is 0 Å². The van der Waals surface area contributed by atoms with Gasteiger partial charge in [0.2, 0.25) is 5.95 Å². The number of halogens is 2. The molecule has 0 amide bonds. The first kappa shape index (κ1) is 11.6. The molecular weight excluding hydrogens is 248 g/mol. The predicted molar refractivity (Wildman–Crippen MR) is 69.6 cm³/mol. The normalized spacial score (nSPS) is 11.1. The van der Waals surface area contributed by atoms with E-state index in [1.807, 2.05) is 0 Å². The molecule has 0 radical (unpaired) electrons. The summed E-state index contributed by atoms with van der Waals surface area (Å²) in [6.07, 6.45) is 0. The van der Waals surface area contributed by atoms with E-state index in [4.69, 9.17) is 5.73 Å². The highest BCUT2D eigenvalue weighted by Crippen LogP contribution is 2.21. The van der Waals surface area contributed by atoms with Crippen LogP contribution in [0.5, 0.6) is 0 Å². The van der Waals surface area contributed by atoms with Gasteiger partial charge in [0.15, 0.2) is 5.82 Å². The Morgan fingerprint density at radius 2 is 1.79 bits per heavy atom. The second kappa shape index (κ2) is 4.35. The molecule has 19 heavy (non-hydrogen) atoms. The minimum absolute atomic E-state index is 0.240. The van der Waals surface area contributed by atoms with Crippen LogP contribution in [0.1, 0.15) is 5.56 Å². The van der Waals surface area contributed by atoms with Gasteiger partial charge in [-0.05, 0) is 29.8 Å². The molecule has 0 saturated heterocycles. The number of hydrogen-bond donors (Lipinski definition) is 1. The molecular formula is C14H11F2N3. The topological polar surface area (TPSA) is 43.8 Å². The van der Waals surface area contributed by atoms with Crippen molar-refractivity contribution < 1.29 is 8.78 Å². The van der Waals surface area contributed by atoms with E-state index in [-0.39, 0.29) is 17.3 Å². The van der Waals surface area contributed by atoms with Crippen LogP contribution >= 0.6 is 0 Å². The van der Waals surface area contributed by atoms with Crippen molar-refractivity contribution in [2.24, 2.45) is 0 Å². The van der Waals surface area contributed by atoms with Gasteiger partial charge in [-0.25, -0.2) is 13.8 Å². The van der Waals surface area contributed by atoms with Gasteiger partial charge in [0.1, 0.15) is 11.3 Å². The van der Waals surface area contributed by atoms with E-state index >= 15 is 0 Å². The fraction of sp³-hybridized carbons (Fsp3) is 0.0714. The highest BCUT2D eigenvalue weighted by Gasteiger charge is 2.11. The van der Waals surface area contributed by atoms with Crippen molar-refractivity contribution >= 4 is 17.0 Å². The second-order valence-corrected chi connectivity index (χ2v) is 4.29. The molecule has 3 aromatic rings. The molecule has 0 saturated carbocycles. The summed E-state index contributed by atoms with van der Waals surface area (Å²) in [4.78, 5) is 4.02. The predicted octanol–water partition coefficient (Wildman–Crippen LogP) is 2.95. The van der Waals surface area contributed by atoms with Crippen molar-refractivity contribution in [2.75, 3.05) is 5.73 Å². The number of para-hydroxylation sites is 1. The van der Waals surface area contributed by atoms with E-state index in [9.17, 15) is 8.78 Å². The van der Waals surface area contributed by atoms with Gasteiger partial charge in [-0.15, -0.1) is 0 Å². The first-order chi connectivity index (χ1) is 9.15. The molecule has 2 aromatic carbocycles. The molecule has 0 unspecified atom stereocenters. The van der Waals surface area contributed by atoms with Gasteiger partial charge in [0.05, 0.1) is 12.1 Å². The third-order valence-electron chi connectivity index (χ3n) is 3.01. The molecule has 3 rings (SSSR count). The van der Waals surface area contributed by atoms with Gasteiger partial charge in [0, 0.05) is 0 Å². The van der Waals surface area contributed by atoms with Crippen molar-refractivity contribution in [3.8, 4) is 0 Å². The highest BCUT2D eigenvalue weighted by molar-refractivity contribution is 5.79. The Morgan fingerprint density at radius 1 is 1.05 bits per heavy atom. The second-order valence-electron chi connectivity index (χ2n) is 4.29. The first-order valence-corrected chi connectivity index (χ1v) is 5.80. The van der Waals surface area contributed by atoms with Crippen molar-refractivity contribution in [1.82, 2.24) is 9.55 Å². The quantitative estimate of drug-likeness (QED) is 0.769. The number of anilines is 1. The average molecular weight is 259 g/mol. The summed E-state index contributed by atoms with van der Waals surface area (Å²) in [5.41, 5.74) is 7.56. The zero-order valence-electron chi connectivity index (χ0n) is 9.98. The number of nitrogen functional groups attached to an aromatic ring is 1. The Morgan fingerprint density at radius 3 is 2.53 bits per heavy atom. The van der Waals surface area contributed by atoms with Crippen LogP contribution in [0, 0.1) is 11.6 Å². The first-order valence-electron chi connectivity index (χ1n) is 5.80. The van der Waals surface area contributed by atoms with Crippen LogP contribution in [-0.2, 0) is 6.54 Å². The molecule has 96 valence electrons. The molecule has 0 spiro atoms. The van der Waals surface area contributed by atoms with Crippen molar-refractivity contribution in [2.45, 2.75) is 6.54 Å². The van der Waals surface area contributed by atoms with E-state index in [0.29, 0.717) is 12.1 Å². The Kier molecular flexibility index (Phi) is 2.67. The van der Waals surface area contributed by atoms with Gasteiger partial charge < -0.3 is 10.3 Å². The zero-order chi connectivity index (χ0) is 13.4. The Hall–Kier alpha value is -2.43. The van der Waals surface area contributed by atoms with Crippen LogP contribution in [0.3, 0.4) is 0 Å². The van der Waals surface area contributed by atoms with Gasteiger partial charge in [-0.1, -0.05) is 18.2 Å². The summed E-state index contributed by atoms with van der Waals surface area (Å²) in [5, 5.41) is 0. The number of rotatable bonds is 2. The maximum absolute atomic E-state index is 13.6. The number of benzene rings is 2. The molecule has 0 atom stereocenters. The van der Waals surface area contributed by atoms with E-state index in [1.54, 1.807) is 28.8 Å². The van der Waals surface area contributed by atoms with Crippen LogP contribution in [0.25, 0.3) is 11.0 Å². The van der Waals surface area contributed by atoms with Crippen LogP contribution in [0.15, 0.2) is 42.5 Å². The molecule has 0 aliphatic carbocycles. The molecule has 1 aromatic heterocycles. The van der Waals surface area contributed by atoms with E-state index in [2.05, 4.69) is 4.98 Å². The fourth-order valence-corrected chi connectivity index (χ4v) is 2.07. The summed E-state index contributed by atoms with van der Waals surface area (Å²) >= 11 is 0. The summed E-state index contributed by atoms with van der Waals surface area (Å²) in [6, 6.07) is 10.8. The Balaban J connectivity index is 2.07. The Bertz CT molecular complexity index is 732. The molecule has 1 heterocycles. The lowest BCUT2D eigenvalue weighted by atomic mass is 10.2. The van der Waals surface area contributed by atoms with Crippen LogP contribution in [0.4, 0.5) is 14.7 Å². The van der Waals surface area contributed by atoms with Crippen LogP contribution < -0.4 is 5.73 Å². The van der Waals surface area contributed by atoms with E-state index in [0.717, 1.165) is 5.56 Å². The van der Waals surface area contributed by atoms with E-state index in [1.165, 1.54) is 18.2 Å². The number of fused-ring (bicyclic) bond motifs is 1.